The molecule has 0 spiro atoms. The lowest BCUT2D eigenvalue weighted by molar-refractivity contribution is 0.0526. The number of fused-ring (bicyclic) bond motifs is 1. The molecule has 2 rings (SSSR count). The maximum Gasteiger partial charge on any atom is 0.338 e. The smallest absolute Gasteiger partial charge is 0.338 e. The van der Waals surface area contributed by atoms with Crippen molar-refractivity contribution in [2.24, 2.45) is 7.05 Å². The van der Waals surface area contributed by atoms with E-state index in [-0.39, 0.29) is 5.56 Å². The van der Waals surface area contributed by atoms with E-state index in [9.17, 15) is 9.59 Å². The fourth-order valence-electron chi connectivity index (χ4n) is 2.18. The molecule has 4 nitrogen and oxygen atoms in total. The van der Waals surface area contributed by atoms with Crippen molar-refractivity contribution in [3.05, 3.63) is 45.9 Å². The molecule has 1 aromatic carbocycles. The molecule has 0 fully saturated rings. The SMILES string of the molecule is CCOC(=O)c1ccc2c(CC)cn(C)c(=O)c2c1. The van der Waals surface area contributed by atoms with E-state index in [0.29, 0.717) is 17.6 Å². The van der Waals surface area contributed by atoms with E-state index in [1.54, 1.807) is 30.7 Å². The van der Waals surface area contributed by atoms with Crippen LogP contribution < -0.4 is 5.56 Å². The summed E-state index contributed by atoms with van der Waals surface area (Å²) in [5.41, 5.74) is 1.41. The van der Waals surface area contributed by atoms with Crippen molar-refractivity contribution >= 4 is 16.7 Å². The van der Waals surface area contributed by atoms with Gasteiger partial charge < -0.3 is 9.30 Å². The van der Waals surface area contributed by atoms with E-state index in [4.69, 9.17) is 4.74 Å². The molecule has 0 aliphatic heterocycles. The van der Waals surface area contributed by atoms with E-state index >= 15 is 0 Å². The van der Waals surface area contributed by atoms with Crippen molar-refractivity contribution in [1.29, 1.82) is 0 Å². The molecule has 0 saturated heterocycles. The van der Waals surface area contributed by atoms with Crippen LogP contribution in [0.1, 0.15) is 29.8 Å². The van der Waals surface area contributed by atoms with Crippen molar-refractivity contribution in [1.82, 2.24) is 4.57 Å². The number of rotatable bonds is 3. The molecular formula is C15H17NO3. The van der Waals surface area contributed by atoms with Gasteiger partial charge >= 0.3 is 5.97 Å². The fraction of sp³-hybridized carbons (Fsp3) is 0.333. The fourth-order valence-corrected chi connectivity index (χ4v) is 2.18. The zero-order chi connectivity index (χ0) is 14.0. The predicted molar refractivity (Wildman–Crippen MR) is 74.5 cm³/mol. The number of hydrogen-bond acceptors (Lipinski definition) is 3. The Morgan fingerprint density at radius 2 is 2.00 bits per heavy atom. The topological polar surface area (TPSA) is 48.3 Å². The summed E-state index contributed by atoms with van der Waals surface area (Å²) in [7, 11) is 1.72. The van der Waals surface area contributed by atoms with Crippen molar-refractivity contribution in [3.8, 4) is 0 Å². The van der Waals surface area contributed by atoms with Crippen LogP contribution in [0.15, 0.2) is 29.2 Å². The van der Waals surface area contributed by atoms with E-state index in [0.717, 1.165) is 17.4 Å². The van der Waals surface area contributed by atoms with Gasteiger partial charge in [-0.15, -0.1) is 0 Å². The Bertz CT molecular complexity index is 686. The maximum absolute atomic E-state index is 12.1. The van der Waals surface area contributed by atoms with Gasteiger partial charge in [0.2, 0.25) is 0 Å². The summed E-state index contributed by atoms with van der Waals surface area (Å²) in [6.45, 7) is 4.12. The third kappa shape index (κ3) is 2.38. The monoisotopic (exact) mass is 259 g/mol. The standard InChI is InChI=1S/C15H17NO3/c1-4-10-9-16(3)14(17)13-8-11(6-7-12(10)13)15(18)19-5-2/h6-9H,4-5H2,1-3H3. The Balaban J connectivity index is 2.68. The number of carbonyl (C=O) groups excluding carboxylic acids is 1. The predicted octanol–water partition coefficient (Wildman–Crippen LogP) is 2.28. The maximum atomic E-state index is 12.1. The van der Waals surface area contributed by atoms with Crippen LogP contribution in [-0.4, -0.2) is 17.1 Å². The average Bonchev–Trinajstić information content (AvgIpc) is 2.42. The number of hydrogen-bond donors (Lipinski definition) is 0. The van der Waals surface area contributed by atoms with Gasteiger partial charge in [-0.2, -0.15) is 0 Å². The van der Waals surface area contributed by atoms with Gasteiger partial charge in [0.15, 0.2) is 0 Å². The normalized spacial score (nSPS) is 10.7. The molecule has 1 heterocycles. The minimum atomic E-state index is -0.395. The molecule has 1 aromatic heterocycles. The molecule has 0 atom stereocenters. The second-order valence-corrected chi connectivity index (χ2v) is 4.40. The molecule has 0 unspecified atom stereocenters. The van der Waals surface area contributed by atoms with Gasteiger partial charge in [0.1, 0.15) is 0 Å². The molecule has 0 bridgehead atoms. The minimum absolute atomic E-state index is 0.0988. The average molecular weight is 259 g/mol. The number of aromatic nitrogens is 1. The highest BCUT2D eigenvalue weighted by Crippen LogP contribution is 2.18. The van der Waals surface area contributed by atoms with E-state index in [2.05, 4.69) is 0 Å². The minimum Gasteiger partial charge on any atom is -0.462 e. The van der Waals surface area contributed by atoms with E-state index in [1.807, 2.05) is 19.2 Å². The first-order valence-electron chi connectivity index (χ1n) is 6.37. The van der Waals surface area contributed by atoms with Gasteiger partial charge in [-0.05, 0) is 36.4 Å². The number of pyridine rings is 1. The number of ether oxygens (including phenoxy) is 1. The molecule has 0 aliphatic carbocycles. The van der Waals surface area contributed by atoms with Crippen molar-refractivity contribution < 1.29 is 9.53 Å². The van der Waals surface area contributed by atoms with Crippen LogP contribution >= 0.6 is 0 Å². The molecule has 0 N–H and O–H groups in total. The number of benzene rings is 1. The first-order chi connectivity index (χ1) is 9.08. The first-order valence-corrected chi connectivity index (χ1v) is 6.37. The summed E-state index contributed by atoms with van der Waals surface area (Å²) in [4.78, 5) is 23.8. The van der Waals surface area contributed by atoms with Crippen molar-refractivity contribution in [2.75, 3.05) is 6.61 Å². The second-order valence-electron chi connectivity index (χ2n) is 4.40. The van der Waals surface area contributed by atoms with Gasteiger partial charge in [0.05, 0.1) is 12.2 Å². The highest BCUT2D eigenvalue weighted by Gasteiger charge is 2.11. The summed E-state index contributed by atoms with van der Waals surface area (Å²) < 4.78 is 6.51. The lowest BCUT2D eigenvalue weighted by Crippen LogP contribution is -2.18. The highest BCUT2D eigenvalue weighted by atomic mass is 16.5. The summed E-state index contributed by atoms with van der Waals surface area (Å²) in [6, 6.07) is 5.15. The molecule has 0 radical (unpaired) electrons. The van der Waals surface area contributed by atoms with Gasteiger partial charge in [0, 0.05) is 18.6 Å². The molecule has 0 amide bonds. The quantitative estimate of drug-likeness (QED) is 0.794. The Kier molecular flexibility index (Phi) is 3.69. The van der Waals surface area contributed by atoms with Crippen molar-refractivity contribution in [2.45, 2.75) is 20.3 Å². The largest absolute Gasteiger partial charge is 0.462 e. The molecule has 0 aliphatic rings. The molecular weight excluding hydrogens is 242 g/mol. The van der Waals surface area contributed by atoms with Crippen LogP contribution in [-0.2, 0) is 18.2 Å². The zero-order valence-corrected chi connectivity index (χ0v) is 11.4. The lowest BCUT2D eigenvalue weighted by Gasteiger charge is -2.09. The molecule has 4 heteroatoms. The Hall–Kier alpha value is -2.10. The third-order valence-corrected chi connectivity index (χ3v) is 3.16. The van der Waals surface area contributed by atoms with Crippen LogP contribution in [0.2, 0.25) is 0 Å². The zero-order valence-electron chi connectivity index (χ0n) is 11.4. The Morgan fingerprint density at radius 1 is 1.26 bits per heavy atom. The Labute approximate surface area is 111 Å². The number of nitrogens with zero attached hydrogens (tertiary/aromatic N) is 1. The lowest BCUT2D eigenvalue weighted by atomic mass is 10.0. The van der Waals surface area contributed by atoms with Gasteiger partial charge in [-0.3, -0.25) is 4.79 Å². The summed E-state index contributed by atoms with van der Waals surface area (Å²) in [5, 5.41) is 1.46. The molecule has 19 heavy (non-hydrogen) atoms. The van der Waals surface area contributed by atoms with Gasteiger partial charge in [-0.1, -0.05) is 13.0 Å². The molecule has 0 saturated carbocycles. The summed E-state index contributed by atoms with van der Waals surface area (Å²) in [5.74, 6) is -0.395. The van der Waals surface area contributed by atoms with Crippen molar-refractivity contribution in [3.63, 3.8) is 0 Å². The first kappa shape index (κ1) is 13.3. The summed E-state index contributed by atoms with van der Waals surface area (Å²) >= 11 is 0. The third-order valence-electron chi connectivity index (χ3n) is 3.16. The number of aryl methyl sites for hydroxylation is 2. The van der Waals surface area contributed by atoms with Crippen LogP contribution in [0.4, 0.5) is 0 Å². The van der Waals surface area contributed by atoms with E-state index < -0.39 is 5.97 Å². The van der Waals surface area contributed by atoms with Gasteiger partial charge in [0.25, 0.3) is 5.56 Å². The second kappa shape index (κ2) is 5.26. The van der Waals surface area contributed by atoms with Crippen LogP contribution in [0.3, 0.4) is 0 Å². The summed E-state index contributed by atoms with van der Waals surface area (Å²) in [6.07, 6.45) is 2.68. The number of carbonyl (C=O) groups is 1. The Morgan fingerprint density at radius 3 is 2.63 bits per heavy atom. The molecule has 100 valence electrons. The van der Waals surface area contributed by atoms with Gasteiger partial charge in [-0.25, -0.2) is 4.79 Å². The van der Waals surface area contributed by atoms with Crippen LogP contribution in [0.5, 0.6) is 0 Å². The van der Waals surface area contributed by atoms with Crippen LogP contribution in [0.25, 0.3) is 10.8 Å². The number of esters is 1. The molecule has 2 aromatic rings. The van der Waals surface area contributed by atoms with Crippen LogP contribution in [0, 0.1) is 0 Å². The van der Waals surface area contributed by atoms with E-state index in [1.165, 1.54) is 0 Å². The highest BCUT2D eigenvalue weighted by molar-refractivity contribution is 5.96.